The third kappa shape index (κ3) is 9.07. The van der Waals surface area contributed by atoms with Crippen LogP contribution in [-0.2, 0) is 11.2 Å². The molecular weight excluding hydrogens is 435 g/mol. The molecule has 2 rings (SSSR count). The van der Waals surface area contributed by atoms with Gasteiger partial charge in [-0.1, -0.05) is 70.8 Å². The third-order valence-corrected chi connectivity index (χ3v) is 6.05. The molecule has 148 valence electrons. The van der Waals surface area contributed by atoms with Crippen molar-refractivity contribution in [3.8, 4) is 5.75 Å². The molecule has 1 unspecified atom stereocenters. The maximum Gasteiger partial charge on any atom is 0.199 e. The Morgan fingerprint density at radius 3 is 2.27 bits per heavy atom. The maximum absolute atomic E-state index is 6.02. The predicted octanol–water partition coefficient (Wildman–Crippen LogP) is 7.66. The van der Waals surface area contributed by atoms with Crippen molar-refractivity contribution in [2.75, 3.05) is 6.61 Å². The Bertz CT molecular complexity index is 483. The Morgan fingerprint density at radius 1 is 0.962 bits per heavy atom. The number of halogens is 1. The molecule has 26 heavy (non-hydrogen) atoms. The van der Waals surface area contributed by atoms with E-state index in [0.717, 1.165) is 25.2 Å². The molecule has 1 fully saturated rings. The van der Waals surface area contributed by atoms with Gasteiger partial charge in [0.05, 0.1) is 10.2 Å². The lowest BCUT2D eigenvalue weighted by Gasteiger charge is -2.24. The highest BCUT2D eigenvalue weighted by Gasteiger charge is 2.16. The first kappa shape index (κ1) is 22.0. The minimum atomic E-state index is -0.0508. The molecule has 0 N–H and O–H groups in total. The summed E-state index contributed by atoms with van der Waals surface area (Å²) in [6, 6.07) is 6.64. The smallest absolute Gasteiger partial charge is 0.199 e. The minimum absolute atomic E-state index is 0.0508. The summed E-state index contributed by atoms with van der Waals surface area (Å²) in [5, 5.41) is 0. The molecular formula is C23H37IO2. The van der Waals surface area contributed by atoms with Gasteiger partial charge in [0.15, 0.2) is 6.29 Å². The van der Waals surface area contributed by atoms with Crippen molar-refractivity contribution in [1.29, 1.82) is 0 Å². The summed E-state index contributed by atoms with van der Waals surface area (Å²) in [5.74, 6) is 0.976. The molecule has 2 nitrogen and oxygen atoms in total. The Hall–Kier alpha value is -0.290. The van der Waals surface area contributed by atoms with E-state index in [1.807, 2.05) is 0 Å². The summed E-state index contributed by atoms with van der Waals surface area (Å²) >= 11 is 2.39. The maximum atomic E-state index is 6.02. The topological polar surface area (TPSA) is 18.5 Å². The molecule has 0 radical (unpaired) electrons. The number of aryl methyl sites for hydroxylation is 1. The van der Waals surface area contributed by atoms with Gasteiger partial charge in [-0.05, 0) is 66.0 Å². The first-order valence-electron chi connectivity index (χ1n) is 10.9. The molecule has 1 aliphatic heterocycles. The highest BCUT2D eigenvalue weighted by Crippen LogP contribution is 2.26. The average molecular weight is 472 g/mol. The number of hydrogen-bond donors (Lipinski definition) is 0. The van der Waals surface area contributed by atoms with Crippen LogP contribution in [0.15, 0.2) is 18.2 Å². The quantitative estimate of drug-likeness (QED) is 0.217. The van der Waals surface area contributed by atoms with E-state index in [4.69, 9.17) is 9.47 Å². The lowest BCUT2D eigenvalue weighted by atomic mass is 10.0. The van der Waals surface area contributed by atoms with Gasteiger partial charge in [-0.2, -0.15) is 0 Å². The van der Waals surface area contributed by atoms with Gasteiger partial charge in [0.25, 0.3) is 0 Å². The predicted molar refractivity (Wildman–Crippen MR) is 119 cm³/mol. The summed E-state index contributed by atoms with van der Waals surface area (Å²) in [4.78, 5) is 0. The van der Waals surface area contributed by atoms with E-state index in [0.29, 0.717) is 0 Å². The van der Waals surface area contributed by atoms with Crippen LogP contribution in [0.25, 0.3) is 0 Å². The second-order valence-corrected chi connectivity index (χ2v) is 8.77. The largest absolute Gasteiger partial charge is 0.464 e. The summed E-state index contributed by atoms with van der Waals surface area (Å²) in [6.45, 7) is 3.12. The second kappa shape index (κ2) is 13.8. The molecule has 1 saturated heterocycles. The molecule has 1 aliphatic rings. The van der Waals surface area contributed by atoms with E-state index < -0.39 is 0 Å². The monoisotopic (exact) mass is 472 g/mol. The molecule has 0 amide bonds. The van der Waals surface area contributed by atoms with E-state index in [1.54, 1.807) is 0 Å². The van der Waals surface area contributed by atoms with Crippen molar-refractivity contribution in [3.63, 3.8) is 0 Å². The van der Waals surface area contributed by atoms with Gasteiger partial charge in [0.2, 0.25) is 0 Å². The first-order valence-corrected chi connectivity index (χ1v) is 11.9. The third-order valence-electron chi connectivity index (χ3n) is 5.21. The Kier molecular flexibility index (Phi) is 11.7. The Labute approximate surface area is 174 Å². The van der Waals surface area contributed by atoms with E-state index in [9.17, 15) is 0 Å². The number of rotatable bonds is 13. The van der Waals surface area contributed by atoms with Crippen LogP contribution in [0.1, 0.15) is 96.0 Å². The SMILES string of the molecule is CCCCCCCCCCCCc1ccc(OC2CCCCO2)c(I)c1. The van der Waals surface area contributed by atoms with Crippen molar-refractivity contribution < 1.29 is 9.47 Å². The van der Waals surface area contributed by atoms with Crippen molar-refractivity contribution >= 4 is 22.6 Å². The number of ether oxygens (including phenoxy) is 2. The average Bonchev–Trinajstić information content (AvgIpc) is 2.66. The zero-order valence-electron chi connectivity index (χ0n) is 16.6. The fraction of sp³-hybridized carbons (Fsp3) is 0.739. The van der Waals surface area contributed by atoms with Gasteiger partial charge >= 0.3 is 0 Å². The molecule has 1 aromatic carbocycles. The molecule has 1 heterocycles. The highest BCUT2D eigenvalue weighted by atomic mass is 127. The summed E-state index contributed by atoms with van der Waals surface area (Å²) < 4.78 is 12.9. The summed E-state index contributed by atoms with van der Waals surface area (Å²) in [6.07, 6.45) is 18.5. The number of unbranched alkanes of at least 4 members (excludes halogenated alkanes) is 9. The fourth-order valence-corrected chi connectivity index (χ4v) is 4.26. The van der Waals surface area contributed by atoms with E-state index in [-0.39, 0.29) is 6.29 Å². The highest BCUT2D eigenvalue weighted by molar-refractivity contribution is 14.1. The lowest BCUT2D eigenvalue weighted by Crippen LogP contribution is -2.25. The van der Waals surface area contributed by atoms with Crippen LogP contribution in [-0.4, -0.2) is 12.9 Å². The molecule has 0 aliphatic carbocycles. The van der Waals surface area contributed by atoms with Gasteiger partial charge in [0.1, 0.15) is 5.75 Å². The van der Waals surface area contributed by atoms with Gasteiger partial charge < -0.3 is 9.47 Å². The van der Waals surface area contributed by atoms with E-state index >= 15 is 0 Å². The van der Waals surface area contributed by atoms with Crippen LogP contribution in [0, 0.1) is 3.57 Å². The van der Waals surface area contributed by atoms with Crippen molar-refractivity contribution in [2.24, 2.45) is 0 Å². The zero-order chi connectivity index (χ0) is 18.5. The molecule has 3 heteroatoms. The number of hydrogen-bond acceptors (Lipinski definition) is 2. The van der Waals surface area contributed by atoms with Crippen LogP contribution in [0.4, 0.5) is 0 Å². The van der Waals surface area contributed by atoms with Crippen molar-refractivity contribution in [2.45, 2.75) is 103 Å². The van der Waals surface area contributed by atoms with Gasteiger partial charge in [-0.15, -0.1) is 0 Å². The molecule has 0 saturated carbocycles. The van der Waals surface area contributed by atoms with Gasteiger partial charge in [-0.25, -0.2) is 0 Å². The fourth-order valence-electron chi connectivity index (χ4n) is 3.56. The van der Waals surface area contributed by atoms with Gasteiger partial charge in [0, 0.05) is 6.42 Å². The van der Waals surface area contributed by atoms with Crippen molar-refractivity contribution in [3.05, 3.63) is 27.3 Å². The first-order chi connectivity index (χ1) is 12.8. The van der Waals surface area contributed by atoms with Crippen LogP contribution in [0.2, 0.25) is 0 Å². The number of benzene rings is 1. The Balaban J connectivity index is 1.56. The molecule has 1 atom stereocenters. The van der Waals surface area contributed by atoms with Crippen LogP contribution in [0.3, 0.4) is 0 Å². The Morgan fingerprint density at radius 2 is 1.65 bits per heavy atom. The summed E-state index contributed by atoms with van der Waals surface area (Å²) in [5.41, 5.74) is 1.44. The molecule has 0 bridgehead atoms. The van der Waals surface area contributed by atoms with Crippen LogP contribution in [0.5, 0.6) is 5.75 Å². The minimum Gasteiger partial charge on any atom is -0.464 e. The molecule has 1 aromatic rings. The van der Waals surface area contributed by atoms with E-state index in [1.165, 1.54) is 86.2 Å². The molecule has 0 aromatic heterocycles. The van der Waals surface area contributed by atoms with Gasteiger partial charge in [-0.3, -0.25) is 0 Å². The lowest BCUT2D eigenvalue weighted by molar-refractivity contribution is -0.106. The molecule has 0 spiro atoms. The standard InChI is InChI=1S/C23H37IO2/c1-2-3-4-5-6-7-8-9-10-11-14-20-16-17-22(21(24)19-20)26-23-15-12-13-18-25-23/h16-17,19,23H,2-15,18H2,1H3. The second-order valence-electron chi connectivity index (χ2n) is 7.61. The van der Waals surface area contributed by atoms with Crippen LogP contribution >= 0.6 is 22.6 Å². The van der Waals surface area contributed by atoms with E-state index in [2.05, 4.69) is 47.7 Å². The zero-order valence-corrected chi connectivity index (χ0v) is 18.8. The summed E-state index contributed by atoms with van der Waals surface area (Å²) in [7, 11) is 0. The van der Waals surface area contributed by atoms with Crippen LogP contribution < -0.4 is 4.74 Å². The van der Waals surface area contributed by atoms with Crippen molar-refractivity contribution in [1.82, 2.24) is 0 Å². The normalized spacial score (nSPS) is 17.4.